The molecule has 0 heterocycles. The number of rotatable bonds is 8. The van der Waals surface area contributed by atoms with Crippen LogP contribution in [0.5, 0.6) is 0 Å². The Balaban J connectivity index is 0. The molecule has 2 nitrogen and oxygen atoms in total. The summed E-state index contributed by atoms with van der Waals surface area (Å²) in [5.74, 6) is -21.9. The first-order valence-electron chi connectivity index (χ1n) is 5.14. The molecule has 0 spiro atoms. The Kier molecular flexibility index (Phi) is 8.80. The molecule has 0 saturated carbocycles. The summed E-state index contributed by atoms with van der Waals surface area (Å²) in [5, 5.41) is 9.94. The Hall–Kier alpha value is -0.213. The van der Waals surface area contributed by atoms with Crippen molar-refractivity contribution in [3.63, 3.8) is 0 Å². The third kappa shape index (κ3) is 5.45. The van der Waals surface area contributed by atoms with E-state index in [9.17, 15) is 49.4 Å². The molecule has 0 fully saturated rings. The van der Waals surface area contributed by atoms with E-state index < -0.39 is 48.5 Å². The van der Waals surface area contributed by atoms with Crippen LogP contribution in [0.25, 0.3) is 0 Å². The topological polar surface area (TPSA) is 40.1 Å². The van der Waals surface area contributed by atoms with Crippen molar-refractivity contribution in [2.45, 2.75) is 36.8 Å². The van der Waals surface area contributed by atoms with Crippen LogP contribution >= 0.6 is 11.8 Å². The van der Waals surface area contributed by atoms with Crippen LogP contribution in [0.1, 0.15) is 12.8 Å². The minimum atomic E-state index is -6.89. The first-order valence-corrected chi connectivity index (χ1v) is 6.30. The molecule has 13 heteroatoms. The fourth-order valence-electron chi connectivity index (χ4n) is 1.02. The molecule has 0 unspecified atom stereocenters. The number of halogens is 9. The molecule has 0 aromatic rings. The Morgan fingerprint density at radius 3 is 1.68 bits per heavy atom. The van der Waals surface area contributed by atoms with E-state index in [4.69, 9.17) is 0 Å². The predicted molar refractivity (Wildman–Crippen MR) is 52.5 cm³/mol. The van der Waals surface area contributed by atoms with Crippen LogP contribution < -0.4 is 24.0 Å². The van der Waals surface area contributed by atoms with Crippen molar-refractivity contribution in [2.24, 2.45) is 0 Å². The van der Waals surface area contributed by atoms with Crippen LogP contribution in [0.4, 0.5) is 39.5 Å². The number of hydrogen-bond donors (Lipinski definition) is 0. The smallest absolute Gasteiger partial charge is 0.550 e. The molecule has 0 atom stereocenters. The first kappa shape index (κ1) is 24.0. The third-order valence-corrected chi connectivity index (χ3v) is 3.21. The van der Waals surface area contributed by atoms with Gasteiger partial charge in [-0.2, -0.15) is 51.3 Å². The predicted octanol–water partition coefficient (Wildman–Crippen LogP) is -0.278. The number of aliphatic carboxylic acids is 1. The van der Waals surface area contributed by atoms with Crippen molar-refractivity contribution in [1.29, 1.82) is 0 Å². The number of hydrogen-bond acceptors (Lipinski definition) is 3. The van der Waals surface area contributed by atoms with Gasteiger partial charge in [0.25, 0.3) is 0 Å². The van der Waals surface area contributed by atoms with Crippen LogP contribution in [-0.4, -0.2) is 41.4 Å². The Morgan fingerprint density at radius 1 is 0.864 bits per heavy atom. The second-order valence-corrected chi connectivity index (χ2v) is 5.06. The van der Waals surface area contributed by atoms with E-state index in [1.165, 1.54) is 0 Å². The second kappa shape index (κ2) is 8.06. The monoisotopic (exact) mass is 358 g/mol. The molecule has 0 N–H and O–H groups in total. The summed E-state index contributed by atoms with van der Waals surface area (Å²) in [6.45, 7) is 0. The third-order valence-electron chi connectivity index (χ3n) is 2.22. The van der Waals surface area contributed by atoms with Crippen LogP contribution in [-0.2, 0) is 4.79 Å². The van der Waals surface area contributed by atoms with Crippen molar-refractivity contribution in [3.8, 4) is 0 Å². The van der Waals surface area contributed by atoms with Gasteiger partial charge in [-0.15, -0.1) is 0 Å². The molecule has 0 amide bonds. The largest absolute Gasteiger partial charge is 1.00 e. The fourth-order valence-corrected chi connectivity index (χ4v) is 1.94. The first-order chi connectivity index (χ1) is 9.17. The maximum atomic E-state index is 12.9. The minimum absolute atomic E-state index is 0. The summed E-state index contributed by atoms with van der Waals surface area (Å²) in [6.07, 6.45) is -9.41. The molecular formula is C9H8F9LiO2S. The van der Waals surface area contributed by atoms with Gasteiger partial charge in [0.1, 0.15) is 0 Å². The zero-order valence-electron chi connectivity index (χ0n) is 11.0. The molecule has 0 bridgehead atoms. The van der Waals surface area contributed by atoms with E-state index in [2.05, 4.69) is 0 Å². The standard InChI is InChI=1S/C9H9F9O2S.Li/c10-6(11,2-4-21-3-1-5(19)20)7(12,13)8(14,15)9(16,17)18;/h1-4H2,(H,19,20);/q;+1/p-1. The van der Waals surface area contributed by atoms with Gasteiger partial charge in [-0.25, -0.2) is 0 Å². The number of carbonyl (C=O) groups excluding carboxylic acids is 1. The molecule has 0 aliphatic heterocycles. The van der Waals surface area contributed by atoms with Gasteiger partial charge in [0, 0.05) is 12.4 Å². The van der Waals surface area contributed by atoms with E-state index >= 15 is 0 Å². The molecule has 22 heavy (non-hydrogen) atoms. The van der Waals surface area contributed by atoms with Crippen molar-refractivity contribution in [3.05, 3.63) is 0 Å². The van der Waals surface area contributed by atoms with Gasteiger partial charge in [0.15, 0.2) is 0 Å². The van der Waals surface area contributed by atoms with Gasteiger partial charge in [0.2, 0.25) is 0 Å². The molecule has 0 radical (unpaired) electrons. The van der Waals surface area contributed by atoms with Crippen molar-refractivity contribution in [2.75, 3.05) is 11.5 Å². The van der Waals surface area contributed by atoms with Crippen LogP contribution in [0.3, 0.4) is 0 Å². The molecule has 0 aromatic heterocycles. The van der Waals surface area contributed by atoms with E-state index in [1.807, 2.05) is 0 Å². The van der Waals surface area contributed by atoms with Gasteiger partial charge < -0.3 is 9.90 Å². The molecular weight excluding hydrogens is 350 g/mol. The zero-order valence-corrected chi connectivity index (χ0v) is 11.8. The van der Waals surface area contributed by atoms with E-state index in [0.717, 1.165) is 0 Å². The van der Waals surface area contributed by atoms with Gasteiger partial charge in [-0.1, -0.05) is 0 Å². The van der Waals surface area contributed by atoms with Crippen molar-refractivity contribution < 1.29 is 68.3 Å². The van der Waals surface area contributed by atoms with Crippen molar-refractivity contribution in [1.82, 2.24) is 0 Å². The number of carboxylic acids is 1. The molecule has 0 aliphatic rings. The van der Waals surface area contributed by atoms with Gasteiger partial charge >= 0.3 is 42.8 Å². The summed E-state index contributed by atoms with van der Waals surface area (Å²) < 4.78 is 112. The Morgan fingerprint density at radius 2 is 1.32 bits per heavy atom. The van der Waals surface area contributed by atoms with Gasteiger partial charge in [-0.05, 0) is 17.9 Å². The molecule has 0 aliphatic carbocycles. The summed E-state index contributed by atoms with van der Waals surface area (Å²) >= 11 is 0.382. The molecule has 0 aromatic carbocycles. The Labute approximate surface area is 135 Å². The SMILES string of the molecule is O=C([O-])CCSCCC(F)(F)C(F)(F)C(F)(F)C(F)(F)F.[Li+]. The number of carboxylic acid groups (broad SMARTS) is 1. The zero-order chi connectivity index (χ0) is 17.1. The summed E-state index contributed by atoms with van der Waals surface area (Å²) in [5.41, 5.74) is 0. The van der Waals surface area contributed by atoms with Crippen molar-refractivity contribution >= 4 is 17.7 Å². The quantitative estimate of drug-likeness (QED) is 0.341. The molecule has 0 rings (SSSR count). The van der Waals surface area contributed by atoms with E-state index in [0.29, 0.717) is 11.8 Å². The number of carbonyl (C=O) groups is 1. The average Bonchev–Trinajstić information content (AvgIpc) is 2.25. The second-order valence-electron chi connectivity index (χ2n) is 3.84. The molecule has 126 valence electrons. The summed E-state index contributed by atoms with van der Waals surface area (Å²) in [6, 6.07) is 0. The van der Waals surface area contributed by atoms with Gasteiger partial charge in [-0.3, -0.25) is 0 Å². The Bertz CT molecular complexity index is 373. The van der Waals surface area contributed by atoms with E-state index in [1.54, 1.807) is 0 Å². The van der Waals surface area contributed by atoms with Gasteiger partial charge in [0.05, 0.1) is 0 Å². The number of thioether (sulfide) groups is 1. The van der Waals surface area contributed by atoms with Crippen LogP contribution in [0.15, 0.2) is 0 Å². The normalized spacial score (nSPS) is 13.7. The van der Waals surface area contributed by atoms with Crippen LogP contribution in [0.2, 0.25) is 0 Å². The fraction of sp³-hybridized carbons (Fsp3) is 0.889. The van der Waals surface area contributed by atoms with E-state index in [-0.39, 0.29) is 24.6 Å². The van der Waals surface area contributed by atoms with Crippen LogP contribution in [0, 0.1) is 0 Å². The maximum absolute atomic E-state index is 12.9. The molecule has 0 saturated heterocycles. The average molecular weight is 358 g/mol. The summed E-state index contributed by atoms with van der Waals surface area (Å²) in [7, 11) is 0. The maximum Gasteiger partial charge on any atom is 1.00 e. The minimum Gasteiger partial charge on any atom is -0.550 e. The summed E-state index contributed by atoms with van der Waals surface area (Å²) in [4.78, 5) is 9.94. The number of alkyl halides is 9.